The lowest BCUT2D eigenvalue weighted by Crippen LogP contribution is -2.12. The Morgan fingerprint density at radius 2 is 1.32 bits per heavy atom. The summed E-state index contributed by atoms with van der Waals surface area (Å²) in [5.74, 6) is 1.69. The van der Waals surface area contributed by atoms with Gasteiger partial charge in [-0.15, -0.1) is 0 Å². The molecule has 41 heavy (non-hydrogen) atoms. The second-order valence-corrected chi connectivity index (χ2v) is 10.3. The minimum atomic E-state index is 0.0961. The second kappa shape index (κ2) is 13.5. The molecule has 0 atom stereocenters. The van der Waals surface area contributed by atoms with Crippen LogP contribution in [-0.4, -0.2) is 21.9 Å². The van der Waals surface area contributed by atoms with Crippen LogP contribution in [0.3, 0.4) is 0 Å². The maximum absolute atomic E-state index is 13.1. The number of rotatable bonds is 12. The summed E-state index contributed by atoms with van der Waals surface area (Å²) in [6, 6.07) is 35.9. The van der Waals surface area contributed by atoms with E-state index in [1.54, 1.807) is 6.20 Å². The van der Waals surface area contributed by atoms with Gasteiger partial charge in [-0.25, -0.2) is 4.98 Å². The molecule has 0 unspecified atom stereocenters. The Bertz CT molecular complexity index is 1550. The molecule has 5 nitrogen and oxygen atoms in total. The van der Waals surface area contributed by atoms with Crippen LogP contribution < -0.4 is 9.47 Å². The quantitative estimate of drug-likeness (QED) is 0.164. The zero-order valence-corrected chi connectivity index (χ0v) is 23.5. The fourth-order valence-electron chi connectivity index (χ4n) is 4.57. The summed E-state index contributed by atoms with van der Waals surface area (Å²) >= 11 is 0. The van der Waals surface area contributed by atoms with Crippen LogP contribution in [0.2, 0.25) is 0 Å². The predicted octanol–water partition coefficient (Wildman–Crippen LogP) is 7.45. The van der Waals surface area contributed by atoms with Gasteiger partial charge in [0.25, 0.3) is 0 Å². The summed E-state index contributed by atoms with van der Waals surface area (Å²) in [7, 11) is 0. The lowest BCUT2D eigenvalue weighted by Gasteiger charge is -2.12. The van der Waals surface area contributed by atoms with Crippen LogP contribution >= 0.6 is 0 Å². The maximum atomic E-state index is 13.1. The first-order valence-electron chi connectivity index (χ1n) is 13.9. The van der Waals surface area contributed by atoms with Crippen molar-refractivity contribution in [2.45, 2.75) is 45.8 Å². The van der Waals surface area contributed by atoms with E-state index in [9.17, 15) is 4.79 Å². The number of hydrogen-bond donors (Lipinski definition) is 0. The van der Waals surface area contributed by atoms with E-state index in [0.717, 1.165) is 45.1 Å². The first-order chi connectivity index (χ1) is 20.0. The van der Waals surface area contributed by atoms with Gasteiger partial charge in [0, 0.05) is 18.4 Å². The Morgan fingerprint density at radius 3 is 1.98 bits per heavy atom. The van der Waals surface area contributed by atoms with Crippen molar-refractivity contribution in [2.75, 3.05) is 0 Å². The van der Waals surface area contributed by atoms with Crippen molar-refractivity contribution >= 4 is 5.78 Å². The van der Waals surface area contributed by atoms with E-state index < -0.39 is 0 Å². The normalized spacial score (nSPS) is 10.9. The highest BCUT2D eigenvalue weighted by molar-refractivity contribution is 5.83. The van der Waals surface area contributed by atoms with Gasteiger partial charge in [0.15, 0.2) is 0 Å². The van der Waals surface area contributed by atoms with Gasteiger partial charge in [-0.2, -0.15) is 0 Å². The zero-order valence-electron chi connectivity index (χ0n) is 23.5. The molecule has 1 heterocycles. The summed E-state index contributed by atoms with van der Waals surface area (Å²) in [5.41, 5.74) is 6.43. The molecule has 5 heteroatoms. The Kier molecular flexibility index (Phi) is 9.17. The Hall–Kier alpha value is -4.77. The van der Waals surface area contributed by atoms with Crippen LogP contribution in [0.15, 0.2) is 115 Å². The Balaban J connectivity index is 1.31. The van der Waals surface area contributed by atoms with Gasteiger partial charge >= 0.3 is 0 Å². The SMILES string of the molecule is CC(C)Oc1ccc(CC(=O)Cc2ncc(-c3ccc(OCc4ccccc4)cc3)nc2Cc2ccccc2)cc1. The molecule has 0 spiro atoms. The summed E-state index contributed by atoms with van der Waals surface area (Å²) in [6.07, 6.45) is 3.03. The van der Waals surface area contributed by atoms with Crippen molar-refractivity contribution in [3.8, 4) is 22.8 Å². The van der Waals surface area contributed by atoms with Gasteiger partial charge in [-0.1, -0.05) is 72.8 Å². The molecule has 206 valence electrons. The fourth-order valence-corrected chi connectivity index (χ4v) is 4.57. The van der Waals surface area contributed by atoms with E-state index in [4.69, 9.17) is 19.4 Å². The number of carbonyl (C=O) groups excluding carboxylic acids is 1. The molecule has 0 aliphatic heterocycles. The summed E-state index contributed by atoms with van der Waals surface area (Å²) < 4.78 is 11.7. The smallest absolute Gasteiger partial charge is 0.143 e. The third-order valence-electron chi connectivity index (χ3n) is 6.61. The lowest BCUT2D eigenvalue weighted by atomic mass is 10.0. The average Bonchev–Trinajstić information content (AvgIpc) is 2.99. The van der Waals surface area contributed by atoms with Crippen molar-refractivity contribution in [1.82, 2.24) is 9.97 Å². The van der Waals surface area contributed by atoms with Crippen LogP contribution in [-0.2, 0) is 30.7 Å². The highest BCUT2D eigenvalue weighted by Crippen LogP contribution is 2.24. The number of carbonyl (C=O) groups is 1. The number of aromatic nitrogens is 2. The molecule has 0 fully saturated rings. The maximum Gasteiger partial charge on any atom is 0.143 e. The lowest BCUT2D eigenvalue weighted by molar-refractivity contribution is -0.117. The number of Topliss-reactive ketones (excluding diaryl/α,β-unsaturated/α-hetero) is 1. The second-order valence-electron chi connectivity index (χ2n) is 10.3. The highest BCUT2D eigenvalue weighted by atomic mass is 16.5. The van der Waals surface area contributed by atoms with Crippen LogP contribution in [0.5, 0.6) is 11.5 Å². The number of benzene rings is 4. The monoisotopic (exact) mass is 542 g/mol. The first kappa shape index (κ1) is 27.8. The number of hydrogen-bond acceptors (Lipinski definition) is 5. The van der Waals surface area contributed by atoms with E-state index in [2.05, 4.69) is 12.1 Å². The van der Waals surface area contributed by atoms with Crippen LogP contribution in [0.1, 0.15) is 41.9 Å². The molecular weight excluding hydrogens is 508 g/mol. The van der Waals surface area contributed by atoms with Crippen molar-refractivity contribution in [2.24, 2.45) is 0 Å². The Morgan fingerprint density at radius 1 is 0.683 bits per heavy atom. The van der Waals surface area contributed by atoms with Gasteiger partial charge in [0.2, 0.25) is 0 Å². The summed E-state index contributed by atoms with van der Waals surface area (Å²) in [5, 5.41) is 0. The van der Waals surface area contributed by atoms with Crippen molar-refractivity contribution in [3.63, 3.8) is 0 Å². The molecule has 0 aliphatic carbocycles. The van der Waals surface area contributed by atoms with E-state index in [1.807, 2.05) is 111 Å². The van der Waals surface area contributed by atoms with E-state index in [-0.39, 0.29) is 18.3 Å². The van der Waals surface area contributed by atoms with Gasteiger partial charge in [0.1, 0.15) is 23.9 Å². The Labute approximate surface area is 241 Å². The van der Waals surface area contributed by atoms with Crippen LogP contribution in [0.4, 0.5) is 0 Å². The molecule has 5 rings (SSSR count). The number of ether oxygens (including phenoxy) is 2. The molecule has 0 amide bonds. The zero-order chi connectivity index (χ0) is 28.4. The topological polar surface area (TPSA) is 61.3 Å². The van der Waals surface area contributed by atoms with Crippen molar-refractivity contribution in [1.29, 1.82) is 0 Å². The van der Waals surface area contributed by atoms with E-state index >= 15 is 0 Å². The third-order valence-corrected chi connectivity index (χ3v) is 6.61. The first-order valence-corrected chi connectivity index (χ1v) is 13.9. The van der Waals surface area contributed by atoms with Gasteiger partial charge in [-0.3, -0.25) is 9.78 Å². The van der Waals surface area contributed by atoms with Crippen LogP contribution in [0.25, 0.3) is 11.3 Å². The third kappa shape index (κ3) is 8.12. The van der Waals surface area contributed by atoms with Gasteiger partial charge in [0.05, 0.1) is 35.8 Å². The molecule has 0 N–H and O–H groups in total. The number of ketones is 1. The highest BCUT2D eigenvalue weighted by Gasteiger charge is 2.15. The largest absolute Gasteiger partial charge is 0.491 e. The average molecular weight is 543 g/mol. The van der Waals surface area contributed by atoms with Gasteiger partial charge in [-0.05, 0) is 66.9 Å². The summed E-state index contributed by atoms with van der Waals surface area (Å²) in [4.78, 5) is 22.8. The standard InChI is InChI=1S/C36H34N2O3/c1-26(2)41-33-17-13-28(14-18-33)21-31(39)23-34-35(22-27-9-5-3-6-10-27)38-36(24-37-34)30-15-19-32(20-16-30)40-25-29-11-7-4-8-12-29/h3-20,24,26H,21-23,25H2,1-2H3. The molecule has 0 saturated heterocycles. The summed E-state index contributed by atoms with van der Waals surface area (Å²) in [6.45, 7) is 4.50. The molecule has 0 saturated carbocycles. The minimum absolute atomic E-state index is 0.0961. The van der Waals surface area contributed by atoms with Crippen molar-refractivity contribution in [3.05, 3.63) is 143 Å². The van der Waals surface area contributed by atoms with E-state index in [0.29, 0.717) is 25.1 Å². The molecule has 0 radical (unpaired) electrons. The minimum Gasteiger partial charge on any atom is -0.491 e. The van der Waals surface area contributed by atoms with Crippen LogP contribution in [0, 0.1) is 0 Å². The fraction of sp³-hybridized carbons (Fsp3) is 0.194. The molecule has 0 aliphatic rings. The molecule has 5 aromatic rings. The molecular formula is C36H34N2O3. The van der Waals surface area contributed by atoms with E-state index in [1.165, 1.54) is 0 Å². The van der Waals surface area contributed by atoms with Gasteiger partial charge < -0.3 is 9.47 Å². The molecule has 1 aromatic heterocycles. The molecule has 4 aromatic carbocycles. The molecule has 0 bridgehead atoms. The number of nitrogens with zero attached hydrogens (tertiary/aromatic N) is 2. The predicted molar refractivity (Wildman–Crippen MR) is 162 cm³/mol. The van der Waals surface area contributed by atoms with Crippen molar-refractivity contribution < 1.29 is 14.3 Å².